The van der Waals surface area contributed by atoms with E-state index in [1.54, 1.807) is 0 Å². The van der Waals surface area contributed by atoms with Crippen LogP contribution in [-0.2, 0) is 11.2 Å². The van der Waals surface area contributed by atoms with Crippen LogP contribution in [0.3, 0.4) is 0 Å². The third-order valence-corrected chi connectivity index (χ3v) is 7.01. The second-order valence-electron chi connectivity index (χ2n) is 9.29. The summed E-state index contributed by atoms with van der Waals surface area (Å²) in [4.78, 5) is 27.1. The van der Waals surface area contributed by atoms with Crippen LogP contribution in [0.1, 0.15) is 57.7 Å². The maximum Gasteiger partial charge on any atom is 0.263 e. The summed E-state index contributed by atoms with van der Waals surface area (Å²) >= 11 is 0. The number of hydrogen-bond acceptors (Lipinski definition) is 6. The van der Waals surface area contributed by atoms with Gasteiger partial charge in [-0.3, -0.25) is 4.79 Å². The number of piperazine rings is 1. The first-order valence-electron chi connectivity index (χ1n) is 12.5. The Morgan fingerprint density at radius 1 is 1.03 bits per heavy atom. The lowest BCUT2D eigenvalue weighted by molar-refractivity contribution is -0.136. The fraction of sp³-hybridized carbons (Fsp3) is 0.538. The highest BCUT2D eigenvalue weighted by Crippen LogP contribution is 2.34. The summed E-state index contributed by atoms with van der Waals surface area (Å²) in [5.41, 5.74) is 2.32. The Morgan fingerprint density at radius 2 is 1.79 bits per heavy atom. The number of rotatable bonds is 6. The number of anilines is 1. The van der Waals surface area contributed by atoms with Crippen LogP contribution in [0.25, 0.3) is 22.4 Å². The third kappa shape index (κ3) is 4.59. The molecule has 0 unspecified atom stereocenters. The van der Waals surface area contributed by atoms with Crippen molar-refractivity contribution in [3.63, 3.8) is 0 Å². The molecule has 5 rings (SSSR count). The van der Waals surface area contributed by atoms with Crippen molar-refractivity contribution in [1.29, 1.82) is 0 Å². The van der Waals surface area contributed by atoms with Crippen LogP contribution in [0.2, 0.25) is 0 Å². The molecule has 1 saturated carbocycles. The predicted molar refractivity (Wildman–Crippen MR) is 129 cm³/mol. The molecule has 0 N–H and O–H groups in total. The average molecular weight is 448 g/mol. The van der Waals surface area contributed by atoms with Crippen molar-refractivity contribution >= 4 is 22.8 Å². The Bertz CT molecular complexity index is 1080. The number of amides is 1. The fourth-order valence-corrected chi connectivity index (χ4v) is 5.09. The largest absolute Gasteiger partial charge is 0.352 e. The highest BCUT2D eigenvalue weighted by molar-refractivity contribution is 5.98. The molecule has 1 amide bonds. The monoisotopic (exact) mass is 447 g/mol. The summed E-state index contributed by atoms with van der Waals surface area (Å²) in [5, 5.41) is 5.25. The molecule has 0 spiro atoms. The Balaban J connectivity index is 1.42. The van der Waals surface area contributed by atoms with E-state index in [1.165, 1.54) is 19.3 Å². The van der Waals surface area contributed by atoms with Crippen LogP contribution in [0.15, 0.2) is 34.9 Å². The van der Waals surface area contributed by atoms with Crippen molar-refractivity contribution in [2.45, 2.75) is 58.3 Å². The van der Waals surface area contributed by atoms with Gasteiger partial charge in [-0.25, -0.2) is 4.98 Å². The van der Waals surface area contributed by atoms with Crippen LogP contribution >= 0.6 is 0 Å². The highest BCUT2D eigenvalue weighted by Gasteiger charge is 2.30. The first kappa shape index (κ1) is 21.9. The van der Waals surface area contributed by atoms with Gasteiger partial charge in [0.15, 0.2) is 0 Å². The Labute approximate surface area is 195 Å². The summed E-state index contributed by atoms with van der Waals surface area (Å²) in [6.45, 7) is 5.16. The van der Waals surface area contributed by atoms with E-state index in [2.05, 4.69) is 26.9 Å². The number of aryl methyl sites for hydroxylation is 1. The Kier molecular flexibility index (Phi) is 6.55. The molecule has 2 aliphatic rings. The number of carbonyl (C=O) groups excluding carboxylic acids is 1. The zero-order chi connectivity index (χ0) is 22.6. The third-order valence-electron chi connectivity index (χ3n) is 7.01. The van der Waals surface area contributed by atoms with Gasteiger partial charge in [-0.15, -0.1) is 0 Å². The maximum atomic E-state index is 13.0. The standard InChI is InChI=1S/C26H33N5O2/c1-2-3-14-21-27-24(22-23(29-33-25(22)28-21)19-10-6-4-7-11-19)30-15-17-31(18-16-30)26(32)20-12-8-5-9-13-20/h4,6-7,10-11,20H,2-3,5,8-9,12-18H2,1H3. The molecule has 3 aromatic rings. The van der Waals surface area contributed by atoms with E-state index >= 15 is 0 Å². The topological polar surface area (TPSA) is 75.4 Å². The summed E-state index contributed by atoms with van der Waals surface area (Å²) in [7, 11) is 0. The molecule has 7 nitrogen and oxygen atoms in total. The molecular formula is C26H33N5O2. The van der Waals surface area contributed by atoms with Crippen molar-refractivity contribution in [3.8, 4) is 11.3 Å². The Morgan fingerprint density at radius 3 is 2.52 bits per heavy atom. The van der Waals surface area contributed by atoms with Gasteiger partial charge in [-0.1, -0.05) is 68.1 Å². The molecule has 174 valence electrons. The molecular weight excluding hydrogens is 414 g/mol. The van der Waals surface area contributed by atoms with Crippen LogP contribution in [-0.4, -0.2) is 52.1 Å². The summed E-state index contributed by atoms with van der Waals surface area (Å²) in [6.07, 6.45) is 8.68. The van der Waals surface area contributed by atoms with Gasteiger partial charge < -0.3 is 14.3 Å². The summed E-state index contributed by atoms with van der Waals surface area (Å²) < 4.78 is 5.70. The van der Waals surface area contributed by atoms with E-state index in [1.807, 2.05) is 30.3 Å². The SMILES string of the molecule is CCCCc1nc(N2CCN(C(=O)C3CCCCC3)CC2)c2c(-c3ccccc3)noc2n1. The van der Waals surface area contributed by atoms with E-state index < -0.39 is 0 Å². The minimum Gasteiger partial charge on any atom is -0.352 e. The first-order chi connectivity index (χ1) is 16.2. The van der Waals surface area contributed by atoms with Gasteiger partial charge in [0.1, 0.15) is 22.7 Å². The van der Waals surface area contributed by atoms with Crippen LogP contribution in [0.4, 0.5) is 5.82 Å². The van der Waals surface area contributed by atoms with Crippen LogP contribution in [0.5, 0.6) is 0 Å². The quantitative estimate of drug-likeness (QED) is 0.537. The smallest absolute Gasteiger partial charge is 0.263 e. The molecule has 1 aliphatic carbocycles. The predicted octanol–water partition coefficient (Wildman–Crippen LogP) is 4.86. The van der Waals surface area contributed by atoms with E-state index in [9.17, 15) is 4.79 Å². The zero-order valence-electron chi connectivity index (χ0n) is 19.5. The number of unbranched alkanes of at least 4 members (excludes halogenated alkanes) is 1. The van der Waals surface area contributed by atoms with Gasteiger partial charge >= 0.3 is 0 Å². The maximum absolute atomic E-state index is 13.0. The van der Waals surface area contributed by atoms with E-state index in [0.29, 0.717) is 11.6 Å². The van der Waals surface area contributed by atoms with Crippen LogP contribution in [0, 0.1) is 5.92 Å². The number of hydrogen-bond donors (Lipinski definition) is 0. The van der Waals surface area contributed by atoms with Crippen LogP contribution < -0.4 is 4.90 Å². The van der Waals surface area contributed by atoms with E-state index in [-0.39, 0.29) is 5.92 Å². The molecule has 1 aliphatic heterocycles. The molecule has 7 heteroatoms. The lowest BCUT2D eigenvalue weighted by Crippen LogP contribution is -2.51. The second kappa shape index (κ2) is 9.89. The minimum atomic E-state index is 0.222. The number of carbonyl (C=O) groups is 1. The van der Waals surface area contributed by atoms with Gasteiger partial charge in [0, 0.05) is 44.1 Å². The average Bonchev–Trinajstić information content (AvgIpc) is 3.32. The minimum absolute atomic E-state index is 0.222. The molecule has 3 heterocycles. The molecule has 2 aromatic heterocycles. The van der Waals surface area contributed by atoms with Gasteiger partial charge in [-0.05, 0) is 19.3 Å². The molecule has 1 aromatic carbocycles. The summed E-state index contributed by atoms with van der Waals surface area (Å²) in [5.74, 6) is 2.26. The number of benzene rings is 1. The van der Waals surface area contributed by atoms with Crippen molar-refractivity contribution in [2.24, 2.45) is 5.92 Å². The van der Waals surface area contributed by atoms with E-state index in [4.69, 9.17) is 9.51 Å². The van der Waals surface area contributed by atoms with Gasteiger partial charge in [0.2, 0.25) is 5.91 Å². The molecule has 0 radical (unpaired) electrons. The van der Waals surface area contributed by atoms with Gasteiger partial charge in [0.25, 0.3) is 5.71 Å². The number of aromatic nitrogens is 3. The number of fused-ring (bicyclic) bond motifs is 1. The summed E-state index contributed by atoms with van der Waals surface area (Å²) in [6, 6.07) is 10.1. The lowest BCUT2D eigenvalue weighted by atomic mass is 9.88. The highest BCUT2D eigenvalue weighted by atomic mass is 16.5. The van der Waals surface area contributed by atoms with E-state index in [0.717, 1.165) is 86.6 Å². The van der Waals surface area contributed by atoms with Crippen molar-refractivity contribution in [1.82, 2.24) is 20.0 Å². The van der Waals surface area contributed by atoms with Crippen molar-refractivity contribution < 1.29 is 9.32 Å². The van der Waals surface area contributed by atoms with Crippen molar-refractivity contribution in [3.05, 3.63) is 36.2 Å². The van der Waals surface area contributed by atoms with Gasteiger partial charge in [0.05, 0.1) is 0 Å². The molecule has 2 fully saturated rings. The molecule has 33 heavy (non-hydrogen) atoms. The Hall–Kier alpha value is -2.96. The molecule has 1 saturated heterocycles. The zero-order valence-corrected chi connectivity index (χ0v) is 19.5. The second-order valence-corrected chi connectivity index (χ2v) is 9.29. The lowest BCUT2D eigenvalue weighted by Gasteiger charge is -2.37. The molecule has 0 atom stereocenters. The van der Waals surface area contributed by atoms with Crippen molar-refractivity contribution in [2.75, 3.05) is 31.1 Å². The fourth-order valence-electron chi connectivity index (χ4n) is 5.09. The number of nitrogens with zero attached hydrogens (tertiary/aromatic N) is 5. The first-order valence-corrected chi connectivity index (χ1v) is 12.5. The van der Waals surface area contributed by atoms with Gasteiger partial charge in [-0.2, -0.15) is 4.98 Å². The molecule has 0 bridgehead atoms. The normalized spacial score (nSPS) is 17.6.